The number of aromatic nitrogens is 1. The molecule has 1 aliphatic carbocycles. The molecule has 6 rings (SSSR count). The van der Waals surface area contributed by atoms with E-state index in [1.54, 1.807) is 24.3 Å². The molecule has 3 heterocycles. The minimum absolute atomic E-state index is 0.0134. The molecule has 3 aliphatic rings. The first-order chi connectivity index (χ1) is 19.1. The first kappa shape index (κ1) is 27.0. The Kier molecular flexibility index (Phi) is 6.57. The summed E-state index contributed by atoms with van der Waals surface area (Å²) in [5.41, 5.74) is 1.21. The summed E-state index contributed by atoms with van der Waals surface area (Å²) in [5.74, 6) is -1.46. The van der Waals surface area contributed by atoms with Crippen LogP contribution in [0.3, 0.4) is 0 Å². The number of piperidine rings is 1. The number of hydrogen-bond donors (Lipinski definition) is 2. The zero-order chi connectivity index (χ0) is 28.3. The van der Waals surface area contributed by atoms with Gasteiger partial charge in [0, 0.05) is 29.3 Å². The lowest BCUT2D eigenvalue weighted by Gasteiger charge is -2.43. The summed E-state index contributed by atoms with van der Waals surface area (Å²) >= 11 is 6.03. The van der Waals surface area contributed by atoms with E-state index in [0.29, 0.717) is 53.5 Å². The van der Waals surface area contributed by atoms with Crippen molar-refractivity contribution in [1.29, 1.82) is 0 Å². The Labute approximate surface area is 237 Å². The van der Waals surface area contributed by atoms with Crippen molar-refractivity contribution in [3.8, 4) is 0 Å². The van der Waals surface area contributed by atoms with E-state index in [0.717, 1.165) is 25.0 Å². The quantitative estimate of drug-likeness (QED) is 0.419. The van der Waals surface area contributed by atoms with Crippen LogP contribution in [0.25, 0.3) is 0 Å². The molecule has 2 fully saturated rings. The Bertz CT molecular complexity index is 1620. The van der Waals surface area contributed by atoms with Gasteiger partial charge in [-0.1, -0.05) is 11.6 Å². The number of amides is 2. The lowest BCUT2D eigenvalue weighted by atomic mass is 9.68. The maximum atomic E-state index is 14.6. The third kappa shape index (κ3) is 4.00. The number of quaternary nitrogens is 1. The SMILES string of the molecule is CC(=O)[N+]1(S(=O)(=O)c2ccc(F)cc2)c2ccc(C(=O)Nc3cncc(Cl)c3)cc2C2(CCNCC2)C1C1CC1. The van der Waals surface area contributed by atoms with E-state index in [2.05, 4.69) is 15.6 Å². The first-order valence-corrected chi connectivity index (χ1v) is 15.1. The highest BCUT2D eigenvalue weighted by atomic mass is 35.5. The van der Waals surface area contributed by atoms with Crippen molar-refractivity contribution >= 4 is 44.8 Å². The summed E-state index contributed by atoms with van der Waals surface area (Å²) in [6, 6.07) is 10.6. The molecular weight excluding hydrogens is 555 g/mol. The van der Waals surface area contributed by atoms with Gasteiger partial charge >= 0.3 is 15.9 Å². The molecule has 1 saturated heterocycles. The molecule has 2 unspecified atom stereocenters. The van der Waals surface area contributed by atoms with Crippen LogP contribution in [0.15, 0.2) is 65.8 Å². The summed E-state index contributed by atoms with van der Waals surface area (Å²) in [5, 5.41) is 6.56. The van der Waals surface area contributed by atoms with Gasteiger partial charge in [-0.2, -0.15) is 8.42 Å². The van der Waals surface area contributed by atoms with E-state index in [1.165, 1.54) is 31.5 Å². The van der Waals surface area contributed by atoms with Crippen molar-refractivity contribution in [1.82, 2.24) is 14.2 Å². The summed E-state index contributed by atoms with van der Waals surface area (Å²) < 4.78 is 42.3. The van der Waals surface area contributed by atoms with E-state index in [4.69, 9.17) is 11.6 Å². The van der Waals surface area contributed by atoms with Gasteiger partial charge in [0.2, 0.25) is 0 Å². The molecule has 0 radical (unpaired) electrons. The second-order valence-electron chi connectivity index (χ2n) is 10.9. The minimum atomic E-state index is -4.37. The fourth-order valence-corrected chi connectivity index (χ4v) is 9.31. The van der Waals surface area contributed by atoms with Crippen molar-refractivity contribution in [2.75, 3.05) is 18.4 Å². The fourth-order valence-electron chi connectivity index (χ4n) is 6.89. The number of rotatable bonds is 5. The molecule has 2 N–H and O–H groups in total. The predicted octanol–water partition coefficient (Wildman–Crippen LogP) is 4.78. The molecule has 2 aliphatic heterocycles. The summed E-state index contributed by atoms with van der Waals surface area (Å²) in [7, 11) is -4.37. The summed E-state index contributed by atoms with van der Waals surface area (Å²) in [4.78, 5) is 31.1. The number of nitrogens with zero attached hydrogens (tertiary/aromatic N) is 2. The van der Waals surface area contributed by atoms with E-state index >= 15 is 0 Å². The number of halogens is 2. The van der Waals surface area contributed by atoms with E-state index in [1.807, 2.05) is 0 Å². The second kappa shape index (κ2) is 9.73. The van der Waals surface area contributed by atoms with Crippen LogP contribution in [0, 0.1) is 11.7 Å². The second-order valence-corrected chi connectivity index (χ2v) is 13.3. The molecule has 3 aromatic rings. The standard InChI is InChI=1S/C29H28ClFN4O4S/c1-18(36)35(40(38,39)24-7-5-22(31)6-8-24)26-9-4-20(28(37)34-23-15-21(30)16-33-17-23)14-25(26)29(10-12-32-13-11-29)27(35)19-2-3-19/h4-9,14-17,19,27,32H,2-3,10-13H2,1H3/p+1. The van der Waals surface area contributed by atoms with Crippen molar-refractivity contribution < 1.29 is 22.4 Å². The lowest BCUT2D eigenvalue weighted by molar-refractivity contribution is -0.126. The number of benzene rings is 2. The number of anilines is 1. The van der Waals surface area contributed by atoms with Gasteiger partial charge < -0.3 is 10.6 Å². The first-order valence-electron chi connectivity index (χ1n) is 13.3. The van der Waals surface area contributed by atoms with Crippen molar-refractivity contribution in [2.24, 2.45) is 5.92 Å². The van der Waals surface area contributed by atoms with Gasteiger partial charge in [0.25, 0.3) is 5.91 Å². The van der Waals surface area contributed by atoms with Gasteiger partial charge in [0.1, 0.15) is 16.8 Å². The fraction of sp³-hybridized carbons (Fsp3) is 0.345. The van der Waals surface area contributed by atoms with Gasteiger partial charge in [0.05, 0.1) is 29.2 Å². The minimum Gasteiger partial charge on any atom is -0.321 e. The van der Waals surface area contributed by atoms with Crippen LogP contribution in [0.5, 0.6) is 0 Å². The molecule has 8 nitrogen and oxygen atoms in total. The number of carbonyl (C=O) groups excluding carboxylic acids is 2. The zero-order valence-electron chi connectivity index (χ0n) is 21.9. The molecule has 1 spiro atoms. The largest absolute Gasteiger partial charge is 0.339 e. The Balaban J connectivity index is 1.57. The molecule has 1 aromatic heterocycles. The summed E-state index contributed by atoms with van der Waals surface area (Å²) in [6.45, 7) is 2.64. The van der Waals surface area contributed by atoms with Crippen molar-refractivity contribution in [2.45, 2.75) is 49.0 Å². The Morgan fingerprint density at radius 3 is 2.40 bits per heavy atom. The molecule has 11 heteroatoms. The van der Waals surface area contributed by atoms with Gasteiger partial charge in [-0.15, -0.1) is 3.89 Å². The van der Waals surface area contributed by atoms with Crippen LogP contribution in [0.1, 0.15) is 48.5 Å². The van der Waals surface area contributed by atoms with Crippen molar-refractivity contribution in [3.05, 3.63) is 82.9 Å². The highest BCUT2D eigenvalue weighted by Gasteiger charge is 2.73. The van der Waals surface area contributed by atoms with Crippen LogP contribution >= 0.6 is 11.6 Å². The maximum Gasteiger partial charge on any atom is 0.339 e. The molecule has 1 saturated carbocycles. The number of carbonyl (C=O) groups is 2. The lowest BCUT2D eigenvalue weighted by Crippen LogP contribution is -2.67. The third-order valence-electron chi connectivity index (χ3n) is 8.60. The molecular formula is C29H29ClFN4O4S+. The topological polar surface area (TPSA) is 105 Å². The Hall–Kier alpha value is -3.18. The Morgan fingerprint density at radius 2 is 1.77 bits per heavy atom. The molecule has 208 valence electrons. The van der Waals surface area contributed by atoms with E-state index in [-0.39, 0.29) is 10.8 Å². The number of fused-ring (bicyclic) bond motifs is 2. The number of hydrogen-bond acceptors (Lipinski definition) is 6. The highest BCUT2D eigenvalue weighted by Crippen LogP contribution is 2.62. The van der Waals surface area contributed by atoms with E-state index < -0.39 is 43.0 Å². The monoisotopic (exact) mass is 583 g/mol. The number of pyridine rings is 1. The molecule has 0 bridgehead atoms. The van der Waals surface area contributed by atoms with Crippen LogP contribution in [0.4, 0.5) is 15.8 Å². The average Bonchev–Trinajstić information content (AvgIpc) is 3.73. The molecule has 40 heavy (non-hydrogen) atoms. The molecule has 2 amide bonds. The summed E-state index contributed by atoms with van der Waals surface area (Å²) in [6.07, 6.45) is 5.82. The van der Waals surface area contributed by atoms with Gasteiger partial charge in [-0.25, -0.2) is 9.18 Å². The van der Waals surface area contributed by atoms with Crippen LogP contribution in [-0.4, -0.2) is 44.3 Å². The number of sulfonamides is 1. The zero-order valence-corrected chi connectivity index (χ0v) is 23.4. The van der Waals surface area contributed by atoms with Gasteiger partial charge in [0.15, 0.2) is 5.69 Å². The normalized spacial score (nSPS) is 23.5. The van der Waals surface area contributed by atoms with Gasteiger partial charge in [-0.05, 0) is 81.2 Å². The van der Waals surface area contributed by atoms with Gasteiger partial charge in [-0.3, -0.25) is 9.78 Å². The predicted molar refractivity (Wildman–Crippen MR) is 150 cm³/mol. The number of nitrogens with one attached hydrogen (secondary N) is 2. The van der Waals surface area contributed by atoms with Crippen LogP contribution < -0.4 is 14.5 Å². The highest BCUT2D eigenvalue weighted by molar-refractivity contribution is 7.91. The third-order valence-corrected chi connectivity index (χ3v) is 11.1. The average molecular weight is 584 g/mol. The van der Waals surface area contributed by atoms with Crippen LogP contribution in [-0.2, 0) is 20.2 Å². The molecule has 2 atom stereocenters. The Morgan fingerprint density at radius 1 is 1.07 bits per heavy atom. The van der Waals surface area contributed by atoms with Crippen molar-refractivity contribution in [3.63, 3.8) is 0 Å². The molecule has 2 aromatic carbocycles. The maximum absolute atomic E-state index is 14.6. The van der Waals surface area contributed by atoms with Crippen LogP contribution in [0.2, 0.25) is 5.02 Å². The smallest absolute Gasteiger partial charge is 0.321 e. The van der Waals surface area contributed by atoms with E-state index in [9.17, 15) is 22.4 Å².